The second kappa shape index (κ2) is 9.18. The molecule has 0 saturated heterocycles. The average Bonchev–Trinajstić information content (AvgIpc) is 2.84. The van der Waals surface area contributed by atoms with Gasteiger partial charge in [0.15, 0.2) is 5.65 Å². The number of nitrogens with zero attached hydrogens (tertiary/aromatic N) is 3. The molecule has 160 valence electrons. The summed E-state index contributed by atoms with van der Waals surface area (Å²) in [5, 5.41) is 21.4. The van der Waals surface area contributed by atoms with Crippen molar-refractivity contribution in [3.8, 4) is 11.5 Å². The number of aliphatic hydroxyl groups excluding tert-OH is 2. The summed E-state index contributed by atoms with van der Waals surface area (Å²) in [6.07, 6.45) is 4.63. The number of ether oxygens (including phenoxy) is 2. The molecule has 2 N–H and O–H groups in total. The second-order valence-corrected chi connectivity index (χ2v) is 6.86. The number of aromatic nitrogens is 3. The Balaban J connectivity index is 1.79. The van der Waals surface area contributed by atoms with Crippen molar-refractivity contribution >= 4 is 34.8 Å². The lowest BCUT2D eigenvalue weighted by Gasteiger charge is -2.07. The molecule has 0 atom stereocenters. The van der Waals surface area contributed by atoms with E-state index < -0.39 is 0 Å². The summed E-state index contributed by atoms with van der Waals surface area (Å²) in [5.74, 6) is 1.37. The Kier molecular flexibility index (Phi) is 5.98. The third-order valence-corrected chi connectivity index (χ3v) is 4.81. The van der Waals surface area contributed by atoms with Crippen LogP contribution in [0.2, 0.25) is 0 Å². The maximum Gasteiger partial charge on any atom is 0.178 e. The lowest BCUT2D eigenvalue weighted by atomic mass is 10.1. The van der Waals surface area contributed by atoms with Gasteiger partial charge < -0.3 is 19.7 Å². The summed E-state index contributed by atoms with van der Waals surface area (Å²) in [6.45, 7) is 0. The van der Waals surface area contributed by atoms with Crippen LogP contribution in [0, 0.1) is 0 Å². The quantitative estimate of drug-likeness (QED) is 0.411. The number of aliphatic hydroxyl groups is 2. The number of rotatable bonds is 6. The molecule has 0 aliphatic carbocycles. The largest absolute Gasteiger partial charge is 0.507 e. The van der Waals surface area contributed by atoms with Crippen LogP contribution in [-0.4, -0.2) is 39.4 Å². The van der Waals surface area contributed by atoms with Crippen LogP contribution < -0.4 is 9.47 Å². The predicted octanol–water partition coefficient (Wildman–Crippen LogP) is 5.15. The Morgan fingerprint density at radius 3 is 1.72 bits per heavy atom. The van der Waals surface area contributed by atoms with Crippen molar-refractivity contribution in [2.24, 2.45) is 0 Å². The van der Waals surface area contributed by atoms with Gasteiger partial charge in [-0.3, -0.25) is 0 Å². The van der Waals surface area contributed by atoms with Crippen molar-refractivity contribution in [1.82, 2.24) is 15.0 Å². The van der Waals surface area contributed by atoms with E-state index in [1.807, 2.05) is 0 Å². The number of fused-ring (bicyclic) bond motifs is 1. The van der Waals surface area contributed by atoms with Gasteiger partial charge >= 0.3 is 0 Å². The molecule has 0 amide bonds. The molecule has 4 rings (SSSR count). The van der Waals surface area contributed by atoms with E-state index in [0.717, 1.165) is 0 Å². The van der Waals surface area contributed by atoms with Crippen molar-refractivity contribution < 1.29 is 19.7 Å². The fraction of sp³-hybridized carbons (Fsp3) is 0.0800. The molecule has 2 aromatic heterocycles. The third kappa shape index (κ3) is 4.52. The smallest absolute Gasteiger partial charge is 0.178 e. The van der Waals surface area contributed by atoms with E-state index in [9.17, 15) is 10.2 Å². The Hall–Kier alpha value is -4.39. The highest BCUT2D eigenvalue weighted by Gasteiger charge is 2.11. The SMILES string of the molecule is COc1ccc(/C(O)=C/c2nc3cccnc3nc2/C=C(\O)c2ccc(OC)cc2)cc1. The van der Waals surface area contributed by atoms with Crippen molar-refractivity contribution in [2.45, 2.75) is 0 Å². The third-order valence-electron chi connectivity index (χ3n) is 4.81. The molecule has 0 bridgehead atoms. The highest BCUT2D eigenvalue weighted by atomic mass is 16.5. The molecule has 2 aromatic carbocycles. The van der Waals surface area contributed by atoms with Gasteiger partial charge in [-0.2, -0.15) is 0 Å². The van der Waals surface area contributed by atoms with Crippen LogP contribution in [0.4, 0.5) is 0 Å². The number of methoxy groups -OCH3 is 2. The minimum atomic E-state index is -0.00387. The van der Waals surface area contributed by atoms with E-state index in [2.05, 4.69) is 15.0 Å². The van der Waals surface area contributed by atoms with Crippen molar-refractivity contribution in [1.29, 1.82) is 0 Å². The van der Waals surface area contributed by atoms with Crippen molar-refractivity contribution in [3.63, 3.8) is 0 Å². The summed E-state index contributed by atoms with van der Waals surface area (Å²) < 4.78 is 10.3. The highest BCUT2D eigenvalue weighted by Crippen LogP contribution is 2.24. The lowest BCUT2D eigenvalue weighted by molar-refractivity contribution is 0.414. The summed E-state index contributed by atoms with van der Waals surface area (Å²) in [7, 11) is 3.16. The first-order valence-corrected chi connectivity index (χ1v) is 9.80. The van der Waals surface area contributed by atoms with Gasteiger partial charge in [-0.05, 0) is 60.7 Å². The normalized spacial score (nSPS) is 12.1. The number of hydrogen-bond donors (Lipinski definition) is 2. The van der Waals surface area contributed by atoms with Gasteiger partial charge in [-0.15, -0.1) is 0 Å². The molecule has 0 radical (unpaired) electrons. The topological polar surface area (TPSA) is 97.6 Å². The number of benzene rings is 2. The van der Waals surface area contributed by atoms with E-state index in [-0.39, 0.29) is 11.5 Å². The standard InChI is InChI=1S/C25H21N3O4/c1-31-18-9-5-16(6-10-18)23(29)14-21-22(28-25-20(27-21)4-3-13-26-25)15-24(30)17-7-11-19(32-2)12-8-17/h3-15,29-30H,1-2H3/b23-14-,24-15-. The van der Waals surface area contributed by atoms with Crippen LogP contribution >= 0.6 is 0 Å². The van der Waals surface area contributed by atoms with Crippen molar-refractivity contribution in [2.75, 3.05) is 14.2 Å². The Morgan fingerprint density at radius 1 is 0.719 bits per heavy atom. The van der Waals surface area contributed by atoms with E-state index in [4.69, 9.17) is 9.47 Å². The molecule has 0 fully saturated rings. The second-order valence-electron chi connectivity index (χ2n) is 6.86. The van der Waals surface area contributed by atoms with Crippen LogP contribution in [0.5, 0.6) is 11.5 Å². The fourth-order valence-corrected chi connectivity index (χ4v) is 3.08. The number of hydrogen-bond acceptors (Lipinski definition) is 7. The molecule has 0 unspecified atom stereocenters. The summed E-state index contributed by atoms with van der Waals surface area (Å²) in [6, 6.07) is 17.5. The Labute approximate surface area is 185 Å². The van der Waals surface area contributed by atoms with Gasteiger partial charge in [0.1, 0.15) is 28.5 Å². The summed E-state index contributed by atoms with van der Waals surface area (Å²) in [5.41, 5.74) is 2.93. The van der Waals surface area contributed by atoms with Crippen LogP contribution in [0.3, 0.4) is 0 Å². The summed E-state index contributed by atoms with van der Waals surface area (Å²) >= 11 is 0. The molecule has 32 heavy (non-hydrogen) atoms. The van der Waals surface area contributed by atoms with Gasteiger partial charge in [0.2, 0.25) is 0 Å². The van der Waals surface area contributed by atoms with E-state index in [0.29, 0.717) is 45.2 Å². The van der Waals surface area contributed by atoms with Gasteiger partial charge in [0, 0.05) is 29.5 Å². The first-order valence-electron chi connectivity index (χ1n) is 9.80. The van der Waals surface area contributed by atoms with Crippen LogP contribution in [0.25, 0.3) is 34.8 Å². The first kappa shape index (κ1) is 20.9. The van der Waals surface area contributed by atoms with Crippen LogP contribution in [0.15, 0.2) is 66.9 Å². The molecule has 0 aliphatic rings. The molecule has 0 aliphatic heterocycles. The highest BCUT2D eigenvalue weighted by molar-refractivity contribution is 5.85. The van der Waals surface area contributed by atoms with E-state index in [1.54, 1.807) is 81.1 Å². The fourth-order valence-electron chi connectivity index (χ4n) is 3.08. The number of pyridine rings is 1. The summed E-state index contributed by atoms with van der Waals surface area (Å²) in [4.78, 5) is 13.4. The van der Waals surface area contributed by atoms with Crippen molar-refractivity contribution in [3.05, 3.63) is 89.4 Å². The maximum absolute atomic E-state index is 10.7. The zero-order valence-electron chi connectivity index (χ0n) is 17.6. The predicted molar refractivity (Wildman–Crippen MR) is 124 cm³/mol. The molecule has 0 spiro atoms. The Bertz CT molecular complexity index is 1200. The molecular formula is C25H21N3O4. The van der Waals surface area contributed by atoms with Crippen LogP contribution in [-0.2, 0) is 0 Å². The minimum Gasteiger partial charge on any atom is -0.507 e. The molecule has 7 heteroatoms. The first-order chi connectivity index (χ1) is 15.6. The van der Waals surface area contributed by atoms with Gasteiger partial charge in [0.05, 0.1) is 25.6 Å². The average molecular weight is 427 g/mol. The van der Waals surface area contributed by atoms with Gasteiger partial charge in [-0.1, -0.05) is 0 Å². The minimum absolute atomic E-state index is 0.00350. The molecule has 0 saturated carbocycles. The van der Waals surface area contributed by atoms with E-state index >= 15 is 0 Å². The lowest BCUT2D eigenvalue weighted by Crippen LogP contribution is -1.98. The zero-order chi connectivity index (χ0) is 22.5. The molecule has 4 aromatic rings. The zero-order valence-corrected chi connectivity index (χ0v) is 17.6. The van der Waals surface area contributed by atoms with Gasteiger partial charge in [0.25, 0.3) is 0 Å². The molecular weight excluding hydrogens is 406 g/mol. The molecule has 2 heterocycles. The monoisotopic (exact) mass is 427 g/mol. The van der Waals surface area contributed by atoms with Gasteiger partial charge in [-0.25, -0.2) is 15.0 Å². The van der Waals surface area contributed by atoms with E-state index in [1.165, 1.54) is 12.2 Å². The van der Waals surface area contributed by atoms with Crippen LogP contribution in [0.1, 0.15) is 22.5 Å². The maximum atomic E-state index is 10.7. The Morgan fingerprint density at radius 2 is 1.22 bits per heavy atom. The molecule has 7 nitrogen and oxygen atoms in total.